The third kappa shape index (κ3) is 3.35. The van der Waals surface area contributed by atoms with Gasteiger partial charge in [0.2, 0.25) is 5.91 Å². The smallest absolute Gasteiger partial charge is 0.271 e. The molecule has 0 atom stereocenters. The molecular formula is C15H21N7O2. The van der Waals surface area contributed by atoms with Gasteiger partial charge >= 0.3 is 0 Å². The molecule has 0 radical (unpaired) electrons. The molecule has 0 saturated carbocycles. The number of nitrogens with zero attached hydrogens (tertiary/aromatic N) is 5. The van der Waals surface area contributed by atoms with E-state index in [1.165, 1.54) is 0 Å². The molecular weight excluding hydrogens is 310 g/mol. The van der Waals surface area contributed by atoms with Crippen LogP contribution in [-0.2, 0) is 11.2 Å². The van der Waals surface area contributed by atoms with Crippen molar-refractivity contribution in [1.29, 1.82) is 0 Å². The molecule has 0 bridgehead atoms. The first kappa shape index (κ1) is 16.3. The van der Waals surface area contributed by atoms with Crippen molar-refractivity contribution in [2.75, 3.05) is 26.2 Å². The van der Waals surface area contributed by atoms with Gasteiger partial charge in [0.05, 0.1) is 5.69 Å². The SMILES string of the molecule is Cc1nn(-c2nncc(=O)[nH]2)c(C)c1CCC(=O)N1CCNCC1. The molecule has 1 aliphatic rings. The highest BCUT2D eigenvalue weighted by Crippen LogP contribution is 2.17. The van der Waals surface area contributed by atoms with Crippen LogP contribution in [0, 0.1) is 13.8 Å². The number of nitrogens with one attached hydrogen (secondary N) is 2. The molecule has 9 nitrogen and oxygen atoms in total. The topological polar surface area (TPSA) is 109 Å². The van der Waals surface area contributed by atoms with Gasteiger partial charge in [0, 0.05) is 38.3 Å². The van der Waals surface area contributed by atoms with Crippen molar-refractivity contribution >= 4 is 5.91 Å². The van der Waals surface area contributed by atoms with Crippen LogP contribution in [0.25, 0.3) is 5.95 Å². The van der Waals surface area contributed by atoms with E-state index in [1.807, 2.05) is 18.7 Å². The first-order chi connectivity index (χ1) is 11.6. The molecule has 2 aromatic rings. The van der Waals surface area contributed by atoms with Gasteiger partial charge in [0.1, 0.15) is 6.20 Å². The molecule has 0 unspecified atom stereocenters. The molecule has 24 heavy (non-hydrogen) atoms. The second kappa shape index (κ2) is 6.91. The van der Waals surface area contributed by atoms with E-state index in [-0.39, 0.29) is 17.4 Å². The number of amides is 1. The summed E-state index contributed by atoms with van der Waals surface area (Å²) >= 11 is 0. The van der Waals surface area contributed by atoms with Crippen molar-refractivity contribution in [3.05, 3.63) is 33.5 Å². The molecule has 128 valence electrons. The van der Waals surface area contributed by atoms with Crippen LogP contribution in [0.1, 0.15) is 23.4 Å². The lowest BCUT2D eigenvalue weighted by molar-refractivity contribution is -0.131. The molecule has 9 heteroatoms. The number of rotatable bonds is 4. The second-order valence-electron chi connectivity index (χ2n) is 5.85. The highest BCUT2D eigenvalue weighted by atomic mass is 16.2. The first-order valence-corrected chi connectivity index (χ1v) is 8.02. The summed E-state index contributed by atoms with van der Waals surface area (Å²) in [6.07, 6.45) is 2.18. The minimum Gasteiger partial charge on any atom is -0.340 e. The minimum absolute atomic E-state index is 0.163. The summed E-state index contributed by atoms with van der Waals surface area (Å²) in [6, 6.07) is 0. The van der Waals surface area contributed by atoms with Gasteiger partial charge in [0.25, 0.3) is 11.5 Å². The largest absolute Gasteiger partial charge is 0.340 e. The van der Waals surface area contributed by atoms with Crippen LogP contribution < -0.4 is 10.9 Å². The highest BCUT2D eigenvalue weighted by molar-refractivity contribution is 5.76. The third-order valence-electron chi connectivity index (χ3n) is 4.26. The number of aromatic nitrogens is 5. The van der Waals surface area contributed by atoms with Crippen LogP contribution in [0.2, 0.25) is 0 Å². The monoisotopic (exact) mass is 331 g/mol. The van der Waals surface area contributed by atoms with Crippen LogP contribution in [-0.4, -0.2) is 61.9 Å². The minimum atomic E-state index is -0.331. The Balaban J connectivity index is 1.74. The van der Waals surface area contributed by atoms with E-state index in [4.69, 9.17) is 0 Å². The summed E-state index contributed by atoms with van der Waals surface area (Å²) in [5, 5.41) is 15.2. The maximum atomic E-state index is 12.3. The summed E-state index contributed by atoms with van der Waals surface area (Å²) in [6.45, 7) is 7.01. The van der Waals surface area contributed by atoms with Crippen LogP contribution in [0.3, 0.4) is 0 Å². The van der Waals surface area contributed by atoms with Gasteiger partial charge in [-0.25, -0.2) is 4.68 Å². The molecule has 1 fully saturated rings. The van der Waals surface area contributed by atoms with Gasteiger partial charge in [-0.2, -0.15) is 5.10 Å². The zero-order chi connectivity index (χ0) is 17.1. The van der Waals surface area contributed by atoms with Gasteiger partial charge in [0.15, 0.2) is 0 Å². The van der Waals surface area contributed by atoms with Crippen LogP contribution in [0.15, 0.2) is 11.0 Å². The van der Waals surface area contributed by atoms with E-state index in [0.29, 0.717) is 12.8 Å². The standard InChI is InChI=1S/C15H21N7O2/c1-10-12(3-4-14(24)21-7-5-16-6-8-21)11(2)22(20-10)15-18-13(23)9-17-19-15/h9,16H,3-8H2,1-2H3,(H,18,19,23). The Morgan fingerprint density at radius 1 is 1.29 bits per heavy atom. The van der Waals surface area contributed by atoms with Crippen LogP contribution in [0.4, 0.5) is 0 Å². The Morgan fingerprint density at radius 2 is 2.04 bits per heavy atom. The Labute approximate surface area is 139 Å². The quantitative estimate of drug-likeness (QED) is 0.769. The molecule has 1 amide bonds. The normalized spacial score (nSPS) is 14.8. The van der Waals surface area contributed by atoms with Crippen molar-refractivity contribution in [2.45, 2.75) is 26.7 Å². The zero-order valence-corrected chi connectivity index (χ0v) is 13.9. The lowest BCUT2D eigenvalue weighted by Gasteiger charge is -2.27. The predicted octanol–water partition coefficient (Wildman–Crippen LogP) is -0.668. The van der Waals surface area contributed by atoms with Crippen LogP contribution in [0.5, 0.6) is 0 Å². The van der Waals surface area contributed by atoms with Crippen molar-refractivity contribution in [2.24, 2.45) is 0 Å². The Hall–Kier alpha value is -2.55. The highest BCUT2D eigenvalue weighted by Gasteiger charge is 2.19. The number of carbonyl (C=O) groups excluding carboxylic acids is 1. The molecule has 2 N–H and O–H groups in total. The number of hydrogen-bond acceptors (Lipinski definition) is 6. The molecule has 0 aromatic carbocycles. The van der Waals surface area contributed by atoms with E-state index in [1.54, 1.807) is 4.68 Å². The number of piperazine rings is 1. The molecule has 0 aliphatic carbocycles. The van der Waals surface area contributed by atoms with Crippen molar-refractivity contribution in [1.82, 2.24) is 35.2 Å². The van der Waals surface area contributed by atoms with E-state index in [0.717, 1.165) is 49.3 Å². The number of hydrogen-bond donors (Lipinski definition) is 2. The maximum absolute atomic E-state index is 12.3. The fourth-order valence-electron chi connectivity index (χ4n) is 2.95. The lowest BCUT2D eigenvalue weighted by Crippen LogP contribution is -2.46. The molecule has 0 spiro atoms. The Morgan fingerprint density at radius 3 is 2.75 bits per heavy atom. The number of carbonyl (C=O) groups is 1. The summed E-state index contributed by atoms with van der Waals surface area (Å²) in [7, 11) is 0. The number of aromatic amines is 1. The Kier molecular flexibility index (Phi) is 4.70. The average Bonchev–Trinajstić information content (AvgIpc) is 2.88. The fraction of sp³-hybridized carbons (Fsp3) is 0.533. The van der Waals surface area contributed by atoms with Crippen molar-refractivity contribution in [3.8, 4) is 5.95 Å². The summed E-state index contributed by atoms with van der Waals surface area (Å²) < 4.78 is 1.56. The van der Waals surface area contributed by atoms with Gasteiger partial charge in [-0.1, -0.05) is 0 Å². The van der Waals surface area contributed by atoms with E-state index < -0.39 is 0 Å². The average molecular weight is 331 g/mol. The lowest BCUT2D eigenvalue weighted by atomic mass is 10.1. The fourth-order valence-corrected chi connectivity index (χ4v) is 2.95. The Bertz CT molecular complexity index is 789. The van der Waals surface area contributed by atoms with Gasteiger partial charge in [-0.3, -0.25) is 14.6 Å². The van der Waals surface area contributed by atoms with Crippen molar-refractivity contribution < 1.29 is 4.79 Å². The van der Waals surface area contributed by atoms with E-state index in [2.05, 4.69) is 25.6 Å². The second-order valence-corrected chi connectivity index (χ2v) is 5.85. The number of H-pyrrole nitrogens is 1. The first-order valence-electron chi connectivity index (χ1n) is 8.02. The maximum Gasteiger partial charge on any atom is 0.271 e. The van der Waals surface area contributed by atoms with E-state index in [9.17, 15) is 9.59 Å². The van der Waals surface area contributed by atoms with Crippen molar-refractivity contribution in [3.63, 3.8) is 0 Å². The van der Waals surface area contributed by atoms with Gasteiger partial charge in [-0.15, -0.1) is 10.2 Å². The summed E-state index contributed by atoms with van der Waals surface area (Å²) in [4.78, 5) is 28.2. The molecule has 1 saturated heterocycles. The zero-order valence-electron chi connectivity index (χ0n) is 13.9. The molecule has 1 aliphatic heterocycles. The summed E-state index contributed by atoms with van der Waals surface area (Å²) in [5.41, 5.74) is 2.36. The van der Waals surface area contributed by atoms with Gasteiger partial charge in [-0.05, 0) is 25.8 Å². The molecule has 3 rings (SSSR count). The molecule has 2 aromatic heterocycles. The number of aryl methyl sites for hydroxylation is 1. The van der Waals surface area contributed by atoms with Crippen LogP contribution >= 0.6 is 0 Å². The summed E-state index contributed by atoms with van der Waals surface area (Å²) in [5.74, 6) is 0.443. The third-order valence-corrected chi connectivity index (χ3v) is 4.26. The molecule has 3 heterocycles. The predicted molar refractivity (Wildman–Crippen MR) is 87.0 cm³/mol. The van der Waals surface area contributed by atoms with E-state index >= 15 is 0 Å². The van der Waals surface area contributed by atoms with Gasteiger partial charge < -0.3 is 10.2 Å².